The van der Waals surface area contributed by atoms with Gasteiger partial charge in [0.1, 0.15) is 11.5 Å². The third kappa shape index (κ3) is 3.78. The Morgan fingerprint density at radius 1 is 1.52 bits per heavy atom. The van der Waals surface area contributed by atoms with Gasteiger partial charge in [0.25, 0.3) is 5.69 Å². The van der Waals surface area contributed by atoms with Gasteiger partial charge in [0.15, 0.2) is 0 Å². The van der Waals surface area contributed by atoms with Gasteiger partial charge < -0.3 is 4.74 Å². The molecule has 6 heteroatoms. The summed E-state index contributed by atoms with van der Waals surface area (Å²) in [6.45, 7) is 3.80. The zero-order chi connectivity index (χ0) is 15.4. The van der Waals surface area contributed by atoms with E-state index in [1.807, 2.05) is 0 Å². The van der Waals surface area contributed by atoms with E-state index >= 15 is 0 Å². The summed E-state index contributed by atoms with van der Waals surface area (Å²) >= 11 is 0. The second kappa shape index (κ2) is 6.67. The van der Waals surface area contributed by atoms with Gasteiger partial charge in [-0.2, -0.15) is 0 Å². The third-order valence-corrected chi connectivity index (χ3v) is 3.95. The van der Waals surface area contributed by atoms with Crippen LogP contribution >= 0.6 is 0 Å². The molecule has 0 aliphatic carbocycles. The third-order valence-electron chi connectivity index (χ3n) is 3.95. The average Bonchev–Trinajstić information content (AvgIpc) is 2.47. The fourth-order valence-electron chi connectivity index (χ4n) is 2.77. The number of carbonyl (C=O) groups is 1. The molecule has 6 nitrogen and oxygen atoms in total. The average molecular weight is 292 g/mol. The van der Waals surface area contributed by atoms with Crippen molar-refractivity contribution in [3.63, 3.8) is 0 Å². The molecule has 21 heavy (non-hydrogen) atoms. The van der Waals surface area contributed by atoms with E-state index in [-0.39, 0.29) is 17.4 Å². The normalized spacial score (nSPS) is 19.2. The molecule has 1 aliphatic heterocycles. The van der Waals surface area contributed by atoms with Gasteiger partial charge in [-0.1, -0.05) is 0 Å². The van der Waals surface area contributed by atoms with E-state index in [4.69, 9.17) is 4.74 Å². The maximum absolute atomic E-state index is 11.5. The Bertz CT molecular complexity index is 544. The largest absolute Gasteiger partial charge is 0.496 e. The van der Waals surface area contributed by atoms with E-state index in [1.165, 1.54) is 6.07 Å². The molecule has 0 N–H and O–H groups in total. The number of Topliss-reactive ketones (excluding diaryl/α,β-unsaturated/α-hetero) is 1. The molecule has 1 aromatic rings. The molecule has 0 radical (unpaired) electrons. The van der Waals surface area contributed by atoms with Gasteiger partial charge >= 0.3 is 0 Å². The van der Waals surface area contributed by atoms with Crippen molar-refractivity contribution in [3.05, 3.63) is 33.9 Å². The molecular formula is C15H20N2O4. The number of nitro benzene ring substituents is 1. The van der Waals surface area contributed by atoms with Crippen LogP contribution in [0.15, 0.2) is 18.2 Å². The van der Waals surface area contributed by atoms with Crippen molar-refractivity contribution in [1.29, 1.82) is 0 Å². The number of methoxy groups -OCH3 is 1. The van der Waals surface area contributed by atoms with Crippen LogP contribution in [0.5, 0.6) is 5.75 Å². The van der Waals surface area contributed by atoms with Crippen molar-refractivity contribution >= 4 is 11.5 Å². The quantitative estimate of drug-likeness (QED) is 0.615. The van der Waals surface area contributed by atoms with Crippen LogP contribution in [0.4, 0.5) is 5.69 Å². The number of likely N-dealkylation sites (tertiary alicyclic amines) is 1. The first-order valence-electron chi connectivity index (χ1n) is 7.05. The molecule has 0 aromatic heterocycles. The Labute approximate surface area is 123 Å². The van der Waals surface area contributed by atoms with E-state index in [9.17, 15) is 14.9 Å². The monoisotopic (exact) mass is 292 g/mol. The summed E-state index contributed by atoms with van der Waals surface area (Å²) in [6, 6.07) is 4.62. The van der Waals surface area contributed by atoms with Gasteiger partial charge in [-0.15, -0.1) is 0 Å². The number of hydrogen-bond donors (Lipinski definition) is 0. The highest BCUT2D eigenvalue weighted by atomic mass is 16.6. The first-order chi connectivity index (χ1) is 10.0. The van der Waals surface area contributed by atoms with Crippen molar-refractivity contribution in [3.8, 4) is 5.75 Å². The first kappa shape index (κ1) is 15.4. The lowest BCUT2D eigenvalue weighted by Gasteiger charge is -2.31. The second-order valence-corrected chi connectivity index (χ2v) is 5.44. The predicted molar refractivity (Wildman–Crippen MR) is 78.3 cm³/mol. The van der Waals surface area contributed by atoms with Crippen molar-refractivity contribution in [2.45, 2.75) is 26.3 Å². The smallest absolute Gasteiger partial charge is 0.270 e. The van der Waals surface area contributed by atoms with Crippen molar-refractivity contribution < 1.29 is 14.5 Å². The van der Waals surface area contributed by atoms with Gasteiger partial charge in [0, 0.05) is 36.7 Å². The maximum atomic E-state index is 11.5. The van der Waals surface area contributed by atoms with Crippen LogP contribution < -0.4 is 4.74 Å². The summed E-state index contributed by atoms with van der Waals surface area (Å²) in [7, 11) is 1.55. The van der Waals surface area contributed by atoms with Gasteiger partial charge in [-0.05, 0) is 32.4 Å². The molecule has 0 bridgehead atoms. The molecule has 1 unspecified atom stereocenters. The van der Waals surface area contributed by atoms with Crippen LogP contribution in [0.25, 0.3) is 0 Å². The van der Waals surface area contributed by atoms with Crippen LogP contribution in [0, 0.1) is 16.0 Å². The molecule has 114 valence electrons. The van der Waals surface area contributed by atoms with E-state index in [0.29, 0.717) is 18.8 Å². The lowest BCUT2D eigenvalue weighted by atomic mass is 9.94. The lowest BCUT2D eigenvalue weighted by Crippen LogP contribution is -2.37. The highest BCUT2D eigenvalue weighted by Crippen LogP contribution is 2.27. The molecule has 1 saturated heterocycles. The highest BCUT2D eigenvalue weighted by Gasteiger charge is 2.24. The number of nitrogens with zero attached hydrogens (tertiary/aromatic N) is 2. The van der Waals surface area contributed by atoms with Gasteiger partial charge in [0.05, 0.1) is 12.0 Å². The Morgan fingerprint density at radius 2 is 2.29 bits per heavy atom. The number of ether oxygens (including phenoxy) is 1. The molecule has 0 saturated carbocycles. The van der Waals surface area contributed by atoms with E-state index in [2.05, 4.69) is 4.90 Å². The van der Waals surface area contributed by atoms with Crippen LogP contribution in [0.3, 0.4) is 0 Å². The number of rotatable bonds is 5. The van der Waals surface area contributed by atoms with E-state index in [0.717, 1.165) is 24.9 Å². The molecule has 1 aromatic carbocycles. The fourth-order valence-corrected chi connectivity index (χ4v) is 2.77. The number of ketones is 1. The van der Waals surface area contributed by atoms with Gasteiger partial charge in [-0.25, -0.2) is 0 Å². The standard InChI is InChI=1S/C15H20N2O4/c1-11(18)12-4-3-7-16(9-12)10-13-8-14(17(19)20)5-6-15(13)21-2/h5-6,8,12H,3-4,7,9-10H2,1-2H3. The summed E-state index contributed by atoms with van der Waals surface area (Å²) in [4.78, 5) is 24.2. The van der Waals surface area contributed by atoms with Crippen molar-refractivity contribution in [2.75, 3.05) is 20.2 Å². The molecule has 1 fully saturated rings. The number of non-ortho nitro benzene ring substituents is 1. The van der Waals surface area contributed by atoms with Gasteiger partial charge in [-0.3, -0.25) is 19.8 Å². The number of piperidine rings is 1. The SMILES string of the molecule is COc1ccc([N+](=O)[O-])cc1CN1CCCC(C(C)=O)C1. The van der Waals surface area contributed by atoms with Crippen LogP contribution in [-0.4, -0.2) is 35.8 Å². The number of benzene rings is 1. The minimum Gasteiger partial charge on any atom is -0.496 e. The summed E-state index contributed by atoms with van der Waals surface area (Å²) in [5, 5.41) is 10.9. The molecule has 2 rings (SSSR count). The summed E-state index contributed by atoms with van der Waals surface area (Å²) in [5.74, 6) is 0.930. The van der Waals surface area contributed by atoms with Crippen molar-refractivity contribution in [1.82, 2.24) is 4.90 Å². The highest BCUT2D eigenvalue weighted by molar-refractivity contribution is 5.78. The Balaban J connectivity index is 2.15. The zero-order valence-corrected chi connectivity index (χ0v) is 12.4. The minimum absolute atomic E-state index is 0.0610. The van der Waals surface area contributed by atoms with Crippen molar-refractivity contribution in [2.24, 2.45) is 5.92 Å². The number of hydrogen-bond acceptors (Lipinski definition) is 5. The topological polar surface area (TPSA) is 72.7 Å². The summed E-state index contributed by atoms with van der Waals surface area (Å²) < 4.78 is 5.28. The van der Waals surface area contributed by atoms with Crippen LogP contribution in [-0.2, 0) is 11.3 Å². The van der Waals surface area contributed by atoms with Crippen LogP contribution in [0.2, 0.25) is 0 Å². The number of carbonyl (C=O) groups excluding carboxylic acids is 1. The van der Waals surface area contributed by atoms with E-state index < -0.39 is 4.92 Å². The minimum atomic E-state index is -0.405. The second-order valence-electron chi connectivity index (χ2n) is 5.44. The molecule has 1 atom stereocenters. The predicted octanol–water partition coefficient (Wildman–Crippen LogP) is 2.40. The molecule has 1 heterocycles. The van der Waals surface area contributed by atoms with E-state index in [1.54, 1.807) is 26.2 Å². The summed E-state index contributed by atoms with van der Waals surface area (Å²) in [5.41, 5.74) is 0.849. The van der Waals surface area contributed by atoms with Gasteiger partial charge in [0.2, 0.25) is 0 Å². The zero-order valence-electron chi connectivity index (χ0n) is 12.4. The Kier molecular flexibility index (Phi) is 4.90. The molecule has 1 aliphatic rings. The molecule has 0 spiro atoms. The summed E-state index contributed by atoms with van der Waals surface area (Å²) in [6.07, 6.45) is 1.90. The number of nitro groups is 1. The Hall–Kier alpha value is -1.95. The van der Waals surface area contributed by atoms with Crippen LogP contribution in [0.1, 0.15) is 25.3 Å². The fraction of sp³-hybridized carbons (Fsp3) is 0.533. The molecule has 0 amide bonds. The molecular weight excluding hydrogens is 272 g/mol. The first-order valence-corrected chi connectivity index (χ1v) is 7.05. The maximum Gasteiger partial charge on any atom is 0.270 e. The lowest BCUT2D eigenvalue weighted by molar-refractivity contribution is -0.385. The Morgan fingerprint density at radius 3 is 2.90 bits per heavy atom.